The second kappa shape index (κ2) is 14.4. The molecule has 3 heteroatoms. The van der Waals surface area contributed by atoms with Crippen LogP contribution in [-0.2, 0) is 21.9 Å². The Morgan fingerprint density at radius 3 is 1.41 bits per heavy atom. The molecule has 3 aromatic rings. The Kier molecular flexibility index (Phi) is 10.7. The largest absolute Gasteiger partial charge is 0.303 e. The molecular weight excluding hydrogens is 520 g/mol. The molecule has 39 heavy (non-hydrogen) atoms. The van der Waals surface area contributed by atoms with Crippen molar-refractivity contribution in [2.24, 2.45) is 5.92 Å². The van der Waals surface area contributed by atoms with E-state index in [1.165, 1.54) is 34.1 Å². The Morgan fingerprint density at radius 1 is 0.564 bits per heavy atom. The zero-order valence-corrected chi connectivity index (χ0v) is 22.5. The molecular formula is C36H28FeO2. The van der Waals surface area contributed by atoms with E-state index < -0.39 is 0 Å². The van der Waals surface area contributed by atoms with Crippen LogP contribution in [0.4, 0.5) is 0 Å². The molecule has 0 heterocycles. The summed E-state index contributed by atoms with van der Waals surface area (Å²) in [6, 6.07) is 24.7. The van der Waals surface area contributed by atoms with Gasteiger partial charge in [-0.25, -0.2) is 0 Å². The molecule has 0 bridgehead atoms. The standard InChI is InChI=1S/C18H15O.C18H13O.Fe/c2*19-13-14-5-7-16(8-6-14)18-11-9-17(10-12-18)15-3-1-2-4-15;/h1-5,7-14H,6H2;1-13H;. The third-order valence-corrected chi connectivity index (χ3v) is 6.78. The molecule has 2 fully saturated rings. The van der Waals surface area contributed by atoms with Gasteiger partial charge in [-0.2, -0.15) is 0 Å². The Morgan fingerprint density at radius 2 is 1.00 bits per heavy atom. The first-order valence-electron chi connectivity index (χ1n) is 12.8. The van der Waals surface area contributed by atoms with Crippen molar-refractivity contribution in [2.45, 2.75) is 6.42 Å². The average molecular weight is 548 g/mol. The molecule has 3 aliphatic carbocycles. The van der Waals surface area contributed by atoms with Gasteiger partial charge >= 0.3 is 0 Å². The molecule has 2 saturated carbocycles. The SMILES string of the molecule is O=CC1C=CC(c2ccc([C]3[CH][CH][CH][CH]3)cc2)=CC1.O=Cc1ccc(-c2ccc([C]3[CH][CH][CH][CH]3)cc2)cc1.[Fe]. The predicted molar refractivity (Wildman–Crippen MR) is 154 cm³/mol. The molecule has 0 spiro atoms. The van der Waals surface area contributed by atoms with E-state index in [1.54, 1.807) is 0 Å². The Labute approximate surface area is 244 Å². The fourth-order valence-electron chi connectivity index (χ4n) is 4.55. The third-order valence-electron chi connectivity index (χ3n) is 6.78. The topological polar surface area (TPSA) is 34.1 Å². The second-order valence-electron chi connectivity index (χ2n) is 9.30. The molecule has 2 nitrogen and oxygen atoms in total. The van der Waals surface area contributed by atoms with Crippen molar-refractivity contribution in [3.8, 4) is 11.1 Å². The summed E-state index contributed by atoms with van der Waals surface area (Å²) >= 11 is 0. The van der Waals surface area contributed by atoms with Crippen LogP contribution in [0.5, 0.6) is 0 Å². The van der Waals surface area contributed by atoms with Crippen LogP contribution in [0.3, 0.4) is 0 Å². The summed E-state index contributed by atoms with van der Waals surface area (Å²) in [5.41, 5.74) is 7.85. The van der Waals surface area contributed by atoms with Gasteiger partial charge in [-0.05, 0) is 91.2 Å². The monoisotopic (exact) mass is 548 g/mol. The van der Waals surface area contributed by atoms with Gasteiger partial charge in [0.2, 0.25) is 0 Å². The average Bonchev–Trinajstić information content (AvgIpc) is 3.74. The maximum absolute atomic E-state index is 10.7. The van der Waals surface area contributed by atoms with E-state index in [4.69, 9.17) is 0 Å². The minimum Gasteiger partial charge on any atom is -0.303 e. The molecule has 10 radical (unpaired) electrons. The van der Waals surface area contributed by atoms with Crippen molar-refractivity contribution in [3.63, 3.8) is 0 Å². The van der Waals surface area contributed by atoms with Crippen molar-refractivity contribution in [2.75, 3.05) is 0 Å². The Balaban J connectivity index is 0.000000176. The molecule has 6 rings (SSSR count). The van der Waals surface area contributed by atoms with Crippen LogP contribution < -0.4 is 0 Å². The van der Waals surface area contributed by atoms with E-state index in [0.717, 1.165) is 30.1 Å². The summed E-state index contributed by atoms with van der Waals surface area (Å²) in [7, 11) is 0. The van der Waals surface area contributed by atoms with E-state index in [9.17, 15) is 9.59 Å². The minimum absolute atomic E-state index is 0. The third kappa shape index (κ3) is 7.56. The van der Waals surface area contributed by atoms with Crippen LogP contribution >= 0.6 is 0 Å². The molecule has 0 aromatic heterocycles. The second-order valence-corrected chi connectivity index (χ2v) is 9.30. The van der Waals surface area contributed by atoms with Gasteiger partial charge in [0, 0.05) is 40.4 Å². The van der Waals surface area contributed by atoms with E-state index in [1.807, 2.05) is 49.3 Å². The van der Waals surface area contributed by atoms with E-state index in [-0.39, 0.29) is 23.0 Å². The first-order valence-corrected chi connectivity index (χ1v) is 12.8. The summed E-state index contributed by atoms with van der Waals surface area (Å²) in [4.78, 5) is 21.3. The molecule has 3 aliphatic rings. The number of carbonyl (C=O) groups excluding carboxylic acids is 2. The fourth-order valence-corrected chi connectivity index (χ4v) is 4.55. The number of benzene rings is 3. The van der Waals surface area contributed by atoms with Crippen molar-refractivity contribution < 1.29 is 26.7 Å². The van der Waals surface area contributed by atoms with Gasteiger partial charge < -0.3 is 4.79 Å². The summed E-state index contributed by atoms with van der Waals surface area (Å²) in [5, 5.41) is 0. The fraction of sp³-hybridized carbons (Fsp3) is 0.0556. The van der Waals surface area contributed by atoms with Gasteiger partial charge in [0.15, 0.2) is 0 Å². The molecule has 0 N–H and O–H groups in total. The van der Waals surface area contributed by atoms with E-state index in [0.29, 0.717) is 5.56 Å². The zero-order chi connectivity index (χ0) is 26.2. The summed E-state index contributed by atoms with van der Waals surface area (Å²) in [6.07, 6.45) is 25.5. The maximum Gasteiger partial charge on any atom is 0.150 e. The molecule has 0 amide bonds. The maximum atomic E-state index is 10.7. The van der Waals surface area contributed by atoms with Gasteiger partial charge in [-0.15, -0.1) is 0 Å². The van der Waals surface area contributed by atoms with Gasteiger partial charge in [-0.3, -0.25) is 4.79 Å². The number of allylic oxidation sites excluding steroid dienone is 4. The van der Waals surface area contributed by atoms with Gasteiger partial charge in [0.05, 0.1) is 0 Å². The van der Waals surface area contributed by atoms with Crippen molar-refractivity contribution >= 4 is 18.1 Å². The van der Waals surface area contributed by atoms with Crippen LogP contribution in [0, 0.1) is 69.1 Å². The molecule has 1 unspecified atom stereocenters. The van der Waals surface area contributed by atoms with Crippen LogP contribution in [0.1, 0.15) is 33.5 Å². The minimum atomic E-state index is 0. The van der Waals surface area contributed by atoms with Crippen molar-refractivity contribution in [3.05, 3.63) is 176 Å². The smallest absolute Gasteiger partial charge is 0.150 e. The first-order chi connectivity index (χ1) is 18.7. The normalized spacial score (nSPS) is 19.0. The first kappa shape index (κ1) is 29.0. The number of hydrogen-bond acceptors (Lipinski definition) is 2. The van der Waals surface area contributed by atoms with Crippen LogP contribution in [0.2, 0.25) is 0 Å². The van der Waals surface area contributed by atoms with Crippen LogP contribution in [0.15, 0.2) is 91.0 Å². The summed E-state index contributed by atoms with van der Waals surface area (Å²) < 4.78 is 0. The number of hydrogen-bond donors (Lipinski definition) is 0. The van der Waals surface area contributed by atoms with Gasteiger partial charge in [0.1, 0.15) is 12.6 Å². The molecule has 1 atom stereocenters. The Bertz CT molecular complexity index is 1260. The predicted octanol–water partition coefficient (Wildman–Crippen LogP) is 7.52. The number of aldehydes is 2. The molecule has 192 valence electrons. The quantitative estimate of drug-likeness (QED) is 0.236. The van der Waals surface area contributed by atoms with Gasteiger partial charge in [-0.1, -0.05) is 91.0 Å². The summed E-state index contributed by atoms with van der Waals surface area (Å²) in [6.45, 7) is 0. The van der Waals surface area contributed by atoms with Crippen LogP contribution in [-0.4, -0.2) is 12.6 Å². The molecule has 0 aliphatic heterocycles. The van der Waals surface area contributed by atoms with Gasteiger partial charge in [0.25, 0.3) is 0 Å². The van der Waals surface area contributed by atoms with Crippen LogP contribution in [0.25, 0.3) is 16.7 Å². The number of carbonyl (C=O) groups is 2. The number of rotatable bonds is 6. The zero-order valence-electron chi connectivity index (χ0n) is 21.4. The van der Waals surface area contributed by atoms with E-state index in [2.05, 4.69) is 93.1 Å². The Hall–Kier alpha value is -3.00. The van der Waals surface area contributed by atoms with Crippen molar-refractivity contribution in [1.29, 1.82) is 0 Å². The molecule has 0 saturated heterocycles. The van der Waals surface area contributed by atoms with Crippen molar-refractivity contribution in [1.82, 2.24) is 0 Å². The molecule has 3 aromatic carbocycles. The summed E-state index contributed by atoms with van der Waals surface area (Å²) in [5.74, 6) is 2.54. The van der Waals surface area contributed by atoms with E-state index >= 15 is 0 Å².